The number of rotatable bonds is 4. The number of anilines is 2. The third-order valence-corrected chi connectivity index (χ3v) is 3.29. The van der Waals surface area contributed by atoms with Crippen LogP contribution >= 0.6 is 0 Å². The fourth-order valence-electron chi connectivity index (χ4n) is 2.00. The quantitative estimate of drug-likeness (QED) is 0.506. The van der Waals surface area contributed by atoms with Gasteiger partial charge in [-0.05, 0) is 36.4 Å². The Hall–Kier alpha value is -3.42. The summed E-state index contributed by atoms with van der Waals surface area (Å²) in [4.78, 5) is 35.6. The van der Waals surface area contributed by atoms with Gasteiger partial charge in [-0.2, -0.15) is 0 Å². The second-order valence-corrected chi connectivity index (χ2v) is 5.26. The van der Waals surface area contributed by atoms with Crippen molar-refractivity contribution < 1.29 is 14.5 Å². The fourth-order valence-corrected chi connectivity index (χ4v) is 2.00. The summed E-state index contributed by atoms with van der Waals surface area (Å²) in [5.41, 5.74) is 6.24. The van der Waals surface area contributed by atoms with Crippen LogP contribution < -0.4 is 11.1 Å². The van der Waals surface area contributed by atoms with Crippen LogP contribution in [0.3, 0.4) is 0 Å². The molecule has 2 amide bonds. The van der Waals surface area contributed by atoms with Crippen LogP contribution in [-0.2, 0) is 0 Å². The predicted octanol–water partition coefficient (Wildman–Crippen LogP) is 2.13. The van der Waals surface area contributed by atoms with Crippen molar-refractivity contribution >= 4 is 28.9 Å². The van der Waals surface area contributed by atoms with Crippen LogP contribution in [0, 0.1) is 10.1 Å². The molecule has 0 aliphatic heterocycles. The first-order chi connectivity index (χ1) is 11.3. The van der Waals surface area contributed by atoms with Crippen molar-refractivity contribution in [1.82, 2.24) is 4.90 Å². The lowest BCUT2D eigenvalue weighted by atomic mass is 10.1. The summed E-state index contributed by atoms with van der Waals surface area (Å²) in [5, 5.41) is 13.5. The summed E-state index contributed by atoms with van der Waals surface area (Å²) in [6.45, 7) is 0. The molecule has 24 heavy (non-hydrogen) atoms. The van der Waals surface area contributed by atoms with Gasteiger partial charge in [0.25, 0.3) is 17.5 Å². The number of nitro benzene ring substituents is 1. The monoisotopic (exact) mass is 328 g/mol. The van der Waals surface area contributed by atoms with Crippen LogP contribution in [0.2, 0.25) is 0 Å². The molecular weight excluding hydrogens is 312 g/mol. The van der Waals surface area contributed by atoms with Crippen molar-refractivity contribution in [3.63, 3.8) is 0 Å². The second kappa shape index (κ2) is 6.78. The summed E-state index contributed by atoms with van der Waals surface area (Å²) >= 11 is 0. The minimum absolute atomic E-state index is 0.0110. The molecule has 0 spiro atoms. The van der Waals surface area contributed by atoms with Crippen LogP contribution in [0.15, 0.2) is 42.5 Å². The Bertz CT molecular complexity index is 800. The van der Waals surface area contributed by atoms with E-state index in [0.29, 0.717) is 11.3 Å². The Kier molecular flexibility index (Phi) is 4.78. The van der Waals surface area contributed by atoms with Crippen LogP contribution in [0.25, 0.3) is 0 Å². The number of benzene rings is 2. The number of nitrogens with two attached hydrogens (primary N) is 1. The van der Waals surface area contributed by atoms with Gasteiger partial charge in [-0.25, -0.2) is 0 Å². The molecule has 0 radical (unpaired) electrons. The first-order valence-corrected chi connectivity index (χ1v) is 6.96. The topological polar surface area (TPSA) is 119 Å². The van der Waals surface area contributed by atoms with Crippen LogP contribution in [0.5, 0.6) is 0 Å². The van der Waals surface area contributed by atoms with Gasteiger partial charge in [0.1, 0.15) is 5.69 Å². The maximum atomic E-state index is 12.2. The molecule has 2 aromatic rings. The molecule has 2 aromatic carbocycles. The molecule has 0 aromatic heterocycles. The Morgan fingerprint density at radius 3 is 2.21 bits per heavy atom. The number of nitrogens with one attached hydrogen (secondary N) is 1. The number of hydrogen-bond donors (Lipinski definition) is 2. The van der Waals surface area contributed by atoms with Crippen molar-refractivity contribution in [2.75, 3.05) is 25.1 Å². The second-order valence-electron chi connectivity index (χ2n) is 5.26. The van der Waals surface area contributed by atoms with Gasteiger partial charge in [0, 0.05) is 37.0 Å². The standard InChI is InChI=1S/C16H16N4O4/c1-19(2)16(22)10-3-6-12(7-4-10)18-15(21)11-5-8-13(17)14(9-11)20(23)24/h3-9H,17H2,1-2H3,(H,18,21). The smallest absolute Gasteiger partial charge is 0.292 e. The van der Waals surface area contributed by atoms with E-state index in [0.717, 1.165) is 6.07 Å². The first-order valence-electron chi connectivity index (χ1n) is 6.96. The van der Waals surface area contributed by atoms with E-state index >= 15 is 0 Å². The summed E-state index contributed by atoms with van der Waals surface area (Å²) in [7, 11) is 3.29. The highest BCUT2D eigenvalue weighted by atomic mass is 16.6. The molecule has 0 saturated carbocycles. The maximum absolute atomic E-state index is 12.2. The molecule has 0 fully saturated rings. The van der Waals surface area contributed by atoms with Crippen LogP contribution in [-0.4, -0.2) is 35.7 Å². The lowest BCUT2D eigenvalue weighted by Gasteiger charge is -2.11. The van der Waals surface area contributed by atoms with E-state index in [-0.39, 0.29) is 22.8 Å². The Morgan fingerprint density at radius 1 is 1.08 bits per heavy atom. The summed E-state index contributed by atoms with van der Waals surface area (Å²) in [5.74, 6) is -0.660. The summed E-state index contributed by atoms with van der Waals surface area (Å²) in [6, 6.07) is 10.2. The SMILES string of the molecule is CN(C)C(=O)c1ccc(NC(=O)c2ccc(N)c([N+](=O)[O-])c2)cc1. The van der Waals surface area contributed by atoms with Crippen molar-refractivity contribution in [2.45, 2.75) is 0 Å². The molecule has 0 saturated heterocycles. The molecule has 0 aliphatic rings. The maximum Gasteiger partial charge on any atom is 0.292 e. The average Bonchev–Trinajstić information content (AvgIpc) is 2.54. The van der Waals surface area contributed by atoms with E-state index in [4.69, 9.17) is 5.73 Å². The first kappa shape index (κ1) is 16.9. The third kappa shape index (κ3) is 3.67. The van der Waals surface area contributed by atoms with Crippen molar-refractivity contribution in [1.29, 1.82) is 0 Å². The molecular formula is C16H16N4O4. The van der Waals surface area contributed by atoms with E-state index in [1.807, 2.05) is 0 Å². The number of nitrogen functional groups attached to an aromatic ring is 1. The van der Waals surface area contributed by atoms with E-state index in [1.165, 1.54) is 17.0 Å². The molecule has 0 atom stereocenters. The summed E-state index contributed by atoms with van der Waals surface area (Å²) < 4.78 is 0. The number of amides is 2. The van der Waals surface area contributed by atoms with Crippen molar-refractivity contribution in [3.8, 4) is 0 Å². The Morgan fingerprint density at radius 2 is 1.67 bits per heavy atom. The van der Waals surface area contributed by atoms with Gasteiger partial charge in [-0.15, -0.1) is 0 Å². The highest BCUT2D eigenvalue weighted by Crippen LogP contribution is 2.23. The number of nitro groups is 1. The Labute approximate surface area is 138 Å². The number of nitrogens with zero attached hydrogens (tertiary/aromatic N) is 2. The number of carbonyl (C=O) groups excluding carboxylic acids is 2. The zero-order valence-corrected chi connectivity index (χ0v) is 13.1. The van der Waals surface area contributed by atoms with E-state index in [9.17, 15) is 19.7 Å². The molecule has 8 nitrogen and oxygen atoms in total. The normalized spacial score (nSPS) is 10.1. The van der Waals surface area contributed by atoms with E-state index in [1.54, 1.807) is 38.4 Å². The zero-order valence-electron chi connectivity index (χ0n) is 13.1. The van der Waals surface area contributed by atoms with E-state index < -0.39 is 10.8 Å². The highest BCUT2D eigenvalue weighted by Gasteiger charge is 2.16. The van der Waals surface area contributed by atoms with Gasteiger partial charge in [0.15, 0.2) is 0 Å². The molecule has 3 N–H and O–H groups in total. The Balaban J connectivity index is 2.17. The van der Waals surface area contributed by atoms with Crippen LogP contribution in [0.1, 0.15) is 20.7 Å². The average molecular weight is 328 g/mol. The third-order valence-electron chi connectivity index (χ3n) is 3.29. The molecule has 0 heterocycles. The van der Waals surface area contributed by atoms with Gasteiger partial charge >= 0.3 is 0 Å². The molecule has 8 heteroatoms. The minimum Gasteiger partial charge on any atom is -0.393 e. The summed E-state index contributed by atoms with van der Waals surface area (Å²) in [6.07, 6.45) is 0. The van der Waals surface area contributed by atoms with Gasteiger partial charge < -0.3 is 16.0 Å². The predicted molar refractivity (Wildman–Crippen MR) is 89.9 cm³/mol. The van der Waals surface area contributed by atoms with Crippen molar-refractivity contribution in [2.24, 2.45) is 0 Å². The minimum atomic E-state index is -0.645. The number of hydrogen-bond acceptors (Lipinski definition) is 5. The van der Waals surface area contributed by atoms with E-state index in [2.05, 4.69) is 5.32 Å². The molecule has 2 rings (SSSR count). The fraction of sp³-hybridized carbons (Fsp3) is 0.125. The lowest BCUT2D eigenvalue weighted by Crippen LogP contribution is -2.21. The number of carbonyl (C=O) groups is 2. The van der Waals surface area contributed by atoms with Gasteiger partial charge in [0.2, 0.25) is 0 Å². The molecule has 124 valence electrons. The lowest BCUT2D eigenvalue weighted by molar-refractivity contribution is -0.383. The molecule has 0 bridgehead atoms. The van der Waals surface area contributed by atoms with Crippen LogP contribution in [0.4, 0.5) is 17.1 Å². The van der Waals surface area contributed by atoms with Gasteiger partial charge in [0.05, 0.1) is 4.92 Å². The largest absolute Gasteiger partial charge is 0.393 e. The van der Waals surface area contributed by atoms with Gasteiger partial charge in [-0.1, -0.05) is 0 Å². The molecule has 0 aliphatic carbocycles. The van der Waals surface area contributed by atoms with Gasteiger partial charge in [-0.3, -0.25) is 19.7 Å². The molecule has 0 unspecified atom stereocenters. The highest BCUT2D eigenvalue weighted by molar-refractivity contribution is 6.05. The zero-order chi connectivity index (χ0) is 17.9. The van der Waals surface area contributed by atoms with Crippen molar-refractivity contribution in [3.05, 3.63) is 63.7 Å².